The minimum absolute atomic E-state index is 0.0380. The first-order valence-corrected chi connectivity index (χ1v) is 8.15. The van der Waals surface area contributed by atoms with Gasteiger partial charge in [0.15, 0.2) is 0 Å². The molecule has 1 heterocycles. The molecule has 3 unspecified atom stereocenters. The van der Waals surface area contributed by atoms with Crippen LogP contribution in [0.1, 0.15) is 32.3 Å². The van der Waals surface area contributed by atoms with Gasteiger partial charge in [0.1, 0.15) is 5.82 Å². The first kappa shape index (κ1) is 17.4. The predicted molar refractivity (Wildman–Crippen MR) is 85.4 cm³/mol. The van der Waals surface area contributed by atoms with Crippen LogP contribution in [0.15, 0.2) is 24.3 Å². The van der Waals surface area contributed by atoms with Crippen molar-refractivity contribution in [2.24, 2.45) is 17.8 Å². The lowest BCUT2D eigenvalue weighted by atomic mass is 9.86. The van der Waals surface area contributed by atoms with E-state index in [0.717, 1.165) is 0 Å². The second-order valence-electron chi connectivity index (χ2n) is 6.53. The zero-order valence-electron chi connectivity index (χ0n) is 13.7. The maximum atomic E-state index is 13.6. The quantitative estimate of drug-likeness (QED) is 0.907. The lowest BCUT2D eigenvalue weighted by Crippen LogP contribution is -2.46. The number of benzene rings is 1. The van der Waals surface area contributed by atoms with E-state index >= 15 is 0 Å². The Morgan fingerprint density at radius 1 is 1.39 bits per heavy atom. The van der Waals surface area contributed by atoms with Crippen molar-refractivity contribution >= 4 is 11.9 Å². The molecule has 1 amide bonds. The van der Waals surface area contributed by atoms with E-state index in [4.69, 9.17) is 5.11 Å². The number of carboxylic acid groups (broad SMARTS) is 1. The summed E-state index contributed by atoms with van der Waals surface area (Å²) < 4.78 is 13.6. The van der Waals surface area contributed by atoms with E-state index in [0.29, 0.717) is 37.9 Å². The molecule has 0 radical (unpaired) electrons. The Balaban J connectivity index is 1.88. The molecule has 0 spiro atoms. The van der Waals surface area contributed by atoms with Gasteiger partial charge in [-0.25, -0.2) is 4.39 Å². The zero-order chi connectivity index (χ0) is 17.0. The molecule has 126 valence electrons. The number of nitrogens with zero attached hydrogens (tertiary/aromatic N) is 1. The zero-order valence-corrected chi connectivity index (χ0v) is 13.7. The van der Waals surface area contributed by atoms with Crippen molar-refractivity contribution in [3.63, 3.8) is 0 Å². The van der Waals surface area contributed by atoms with Gasteiger partial charge in [0.2, 0.25) is 5.91 Å². The van der Waals surface area contributed by atoms with Gasteiger partial charge in [-0.2, -0.15) is 0 Å². The molecule has 4 nitrogen and oxygen atoms in total. The first-order chi connectivity index (χ1) is 10.9. The Morgan fingerprint density at radius 3 is 2.70 bits per heavy atom. The Hall–Kier alpha value is -1.91. The molecule has 1 fully saturated rings. The van der Waals surface area contributed by atoms with Crippen molar-refractivity contribution in [2.45, 2.75) is 33.1 Å². The van der Waals surface area contributed by atoms with Crippen LogP contribution in [0.2, 0.25) is 0 Å². The fourth-order valence-electron chi connectivity index (χ4n) is 3.22. The summed E-state index contributed by atoms with van der Waals surface area (Å²) in [6.07, 6.45) is 1.62. The second-order valence-corrected chi connectivity index (χ2v) is 6.53. The van der Waals surface area contributed by atoms with E-state index in [1.165, 1.54) is 6.07 Å². The number of aryl methyl sites for hydroxylation is 1. The molecule has 1 aliphatic rings. The van der Waals surface area contributed by atoms with Crippen molar-refractivity contribution in [3.8, 4) is 0 Å². The molecule has 0 aliphatic carbocycles. The topological polar surface area (TPSA) is 57.6 Å². The van der Waals surface area contributed by atoms with Gasteiger partial charge in [-0.15, -0.1) is 0 Å². The minimum atomic E-state index is -0.780. The first-order valence-electron chi connectivity index (χ1n) is 8.15. The van der Waals surface area contributed by atoms with Crippen molar-refractivity contribution in [1.82, 2.24) is 4.90 Å². The third kappa shape index (κ3) is 4.30. The normalized spacial score (nSPS) is 22.7. The lowest BCUT2D eigenvalue weighted by Gasteiger charge is -2.36. The highest BCUT2D eigenvalue weighted by molar-refractivity contribution is 5.79. The van der Waals surface area contributed by atoms with Crippen LogP contribution in [-0.4, -0.2) is 35.0 Å². The number of aliphatic carboxylic acids is 1. The summed E-state index contributed by atoms with van der Waals surface area (Å²) in [4.78, 5) is 25.4. The summed E-state index contributed by atoms with van der Waals surface area (Å²) >= 11 is 0. The van der Waals surface area contributed by atoms with Crippen LogP contribution in [0.25, 0.3) is 0 Å². The summed E-state index contributed by atoms with van der Waals surface area (Å²) in [5.74, 6) is -1.57. The molecule has 0 saturated carbocycles. The maximum absolute atomic E-state index is 13.6. The number of amides is 1. The van der Waals surface area contributed by atoms with E-state index < -0.39 is 5.97 Å². The largest absolute Gasteiger partial charge is 0.481 e. The average molecular weight is 321 g/mol. The molecule has 3 atom stereocenters. The lowest BCUT2D eigenvalue weighted by molar-refractivity contribution is -0.149. The molecule has 1 aromatic carbocycles. The number of piperidine rings is 1. The molecular formula is C18H24FNO3. The van der Waals surface area contributed by atoms with Crippen LogP contribution >= 0.6 is 0 Å². The average Bonchev–Trinajstić information content (AvgIpc) is 2.52. The highest BCUT2D eigenvalue weighted by Gasteiger charge is 2.34. The summed E-state index contributed by atoms with van der Waals surface area (Å²) in [5.41, 5.74) is 0.630. The molecule has 1 N–H and O–H groups in total. The van der Waals surface area contributed by atoms with Gasteiger partial charge in [-0.05, 0) is 36.8 Å². The SMILES string of the molecule is CC(CCc1ccccc1F)C(=O)N1CCC(C(=O)O)C(C)C1. The van der Waals surface area contributed by atoms with E-state index in [-0.39, 0.29) is 29.5 Å². The van der Waals surface area contributed by atoms with E-state index in [1.807, 2.05) is 13.8 Å². The van der Waals surface area contributed by atoms with Crippen LogP contribution < -0.4 is 0 Å². The van der Waals surface area contributed by atoms with Crippen molar-refractivity contribution in [3.05, 3.63) is 35.6 Å². The van der Waals surface area contributed by atoms with E-state index in [1.54, 1.807) is 23.1 Å². The number of carboxylic acids is 1. The Bertz CT molecular complexity index is 575. The predicted octanol–water partition coefficient (Wildman–Crippen LogP) is 2.96. The van der Waals surface area contributed by atoms with Gasteiger partial charge in [0.25, 0.3) is 0 Å². The highest BCUT2D eigenvalue weighted by atomic mass is 19.1. The number of hydrogen-bond acceptors (Lipinski definition) is 2. The smallest absolute Gasteiger partial charge is 0.306 e. The van der Waals surface area contributed by atoms with Gasteiger partial charge in [-0.3, -0.25) is 9.59 Å². The van der Waals surface area contributed by atoms with Crippen LogP contribution in [0.5, 0.6) is 0 Å². The molecule has 2 rings (SSSR count). The molecule has 0 aromatic heterocycles. The summed E-state index contributed by atoms with van der Waals surface area (Å²) in [6.45, 7) is 4.71. The maximum Gasteiger partial charge on any atom is 0.306 e. The molecular weight excluding hydrogens is 297 g/mol. The molecule has 1 saturated heterocycles. The molecule has 1 aromatic rings. The number of halogens is 1. The van der Waals surface area contributed by atoms with Crippen LogP contribution in [0, 0.1) is 23.6 Å². The van der Waals surface area contributed by atoms with Gasteiger partial charge >= 0.3 is 5.97 Å². The summed E-state index contributed by atoms with van der Waals surface area (Å²) in [5, 5.41) is 9.14. The van der Waals surface area contributed by atoms with Gasteiger partial charge in [0, 0.05) is 19.0 Å². The molecule has 0 bridgehead atoms. The Morgan fingerprint density at radius 2 is 2.09 bits per heavy atom. The van der Waals surface area contributed by atoms with E-state index in [9.17, 15) is 14.0 Å². The summed E-state index contributed by atoms with van der Waals surface area (Å²) in [7, 11) is 0. The number of likely N-dealkylation sites (tertiary alicyclic amines) is 1. The molecule has 5 heteroatoms. The van der Waals surface area contributed by atoms with Crippen LogP contribution in [0.3, 0.4) is 0 Å². The number of carbonyl (C=O) groups excluding carboxylic acids is 1. The minimum Gasteiger partial charge on any atom is -0.481 e. The monoisotopic (exact) mass is 321 g/mol. The fraction of sp³-hybridized carbons (Fsp3) is 0.556. The second kappa shape index (κ2) is 7.57. The third-order valence-corrected chi connectivity index (χ3v) is 4.76. The number of rotatable bonds is 5. The number of carbonyl (C=O) groups is 2. The van der Waals surface area contributed by atoms with Crippen molar-refractivity contribution in [1.29, 1.82) is 0 Å². The van der Waals surface area contributed by atoms with Crippen molar-refractivity contribution < 1.29 is 19.1 Å². The van der Waals surface area contributed by atoms with Gasteiger partial charge in [0.05, 0.1) is 5.92 Å². The standard InChI is InChI=1S/C18H24FNO3/c1-12(7-8-14-5-3-4-6-16(14)19)17(21)20-10-9-15(18(22)23)13(2)11-20/h3-6,12-13,15H,7-11H2,1-2H3,(H,22,23). The van der Waals surface area contributed by atoms with Crippen molar-refractivity contribution in [2.75, 3.05) is 13.1 Å². The highest BCUT2D eigenvalue weighted by Crippen LogP contribution is 2.25. The van der Waals surface area contributed by atoms with Gasteiger partial charge in [-0.1, -0.05) is 32.0 Å². The Kier molecular flexibility index (Phi) is 5.74. The van der Waals surface area contributed by atoms with Gasteiger partial charge < -0.3 is 10.0 Å². The van der Waals surface area contributed by atoms with Crippen LogP contribution in [0.4, 0.5) is 4.39 Å². The van der Waals surface area contributed by atoms with E-state index in [2.05, 4.69) is 0 Å². The molecule has 1 aliphatic heterocycles. The van der Waals surface area contributed by atoms with Crippen LogP contribution in [-0.2, 0) is 16.0 Å². The fourth-order valence-corrected chi connectivity index (χ4v) is 3.22. The molecule has 23 heavy (non-hydrogen) atoms. The Labute approximate surface area is 136 Å². The third-order valence-electron chi connectivity index (χ3n) is 4.76. The number of hydrogen-bond donors (Lipinski definition) is 1. The summed E-state index contributed by atoms with van der Waals surface area (Å²) in [6, 6.07) is 6.62.